The number of hydrogen-bond acceptors (Lipinski definition) is 5. The second-order valence-electron chi connectivity index (χ2n) is 7.65. The first-order chi connectivity index (χ1) is 15.0. The summed E-state index contributed by atoms with van der Waals surface area (Å²) in [6.45, 7) is 4.75. The molecule has 2 unspecified atom stereocenters. The number of likely N-dealkylation sites (tertiary alicyclic amines) is 1. The van der Waals surface area contributed by atoms with Gasteiger partial charge in [0.15, 0.2) is 0 Å². The van der Waals surface area contributed by atoms with Gasteiger partial charge < -0.3 is 26.5 Å². The molecule has 3 heterocycles. The predicted molar refractivity (Wildman–Crippen MR) is 122 cm³/mol. The number of phenolic OH excluding ortho intramolecular Hbond substituents is 1. The molecule has 6 N–H and O–H groups in total. The third-order valence-electron chi connectivity index (χ3n) is 5.77. The van der Waals surface area contributed by atoms with E-state index >= 15 is 0 Å². The number of aromatic nitrogens is 2. The molecule has 31 heavy (non-hydrogen) atoms. The summed E-state index contributed by atoms with van der Waals surface area (Å²) in [5.41, 5.74) is 16.2. The van der Waals surface area contributed by atoms with E-state index in [0.717, 1.165) is 16.8 Å². The number of aromatic amines is 1. The van der Waals surface area contributed by atoms with Crippen molar-refractivity contribution in [1.29, 1.82) is 0 Å². The normalized spacial score (nSPS) is 18.8. The van der Waals surface area contributed by atoms with Crippen molar-refractivity contribution in [3.8, 4) is 5.75 Å². The number of nitrogens with two attached hydrogens (primary N) is 2. The number of benzene rings is 1. The summed E-state index contributed by atoms with van der Waals surface area (Å²) in [5, 5.41) is 10.1. The summed E-state index contributed by atoms with van der Waals surface area (Å²) >= 11 is 0. The van der Waals surface area contributed by atoms with Crippen LogP contribution in [0.25, 0.3) is 11.8 Å². The number of amides is 1. The van der Waals surface area contributed by atoms with Gasteiger partial charge in [-0.3, -0.25) is 9.78 Å². The van der Waals surface area contributed by atoms with E-state index in [2.05, 4.69) is 16.5 Å². The minimum atomic E-state index is -0.0926. The molecule has 4 rings (SSSR count). The van der Waals surface area contributed by atoms with Gasteiger partial charge >= 0.3 is 0 Å². The van der Waals surface area contributed by atoms with Crippen molar-refractivity contribution in [2.45, 2.75) is 11.8 Å². The number of hydrogen-bond donors (Lipinski definition) is 4. The molecule has 7 nitrogen and oxygen atoms in total. The fraction of sp³-hybridized carbons (Fsp3) is 0.167. The molecular formula is C24H25N5O2. The Morgan fingerprint density at radius 2 is 1.90 bits per heavy atom. The van der Waals surface area contributed by atoms with Gasteiger partial charge in [-0.2, -0.15) is 0 Å². The molecule has 1 aromatic carbocycles. The molecule has 7 heteroatoms. The zero-order chi connectivity index (χ0) is 22.0. The molecule has 0 bridgehead atoms. The fourth-order valence-corrected chi connectivity index (χ4v) is 4.17. The van der Waals surface area contributed by atoms with Crippen LogP contribution in [-0.4, -0.2) is 39.0 Å². The van der Waals surface area contributed by atoms with Crippen molar-refractivity contribution >= 4 is 23.5 Å². The maximum Gasteiger partial charge on any atom is 0.245 e. The second-order valence-corrected chi connectivity index (χ2v) is 7.65. The van der Waals surface area contributed by atoms with Crippen molar-refractivity contribution in [1.82, 2.24) is 14.9 Å². The summed E-state index contributed by atoms with van der Waals surface area (Å²) < 4.78 is 0. The Balaban J connectivity index is 1.68. The number of phenols is 1. The van der Waals surface area contributed by atoms with Crippen LogP contribution in [0.15, 0.2) is 67.5 Å². The average molecular weight is 415 g/mol. The van der Waals surface area contributed by atoms with Crippen molar-refractivity contribution in [3.63, 3.8) is 0 Å². The van der Waals surface area contributed by atoms with E-state index in [9.17, 15) is 9.90 Å². The highest BCUT2D eigenvalue weighted by Gasteiger charge is 2.37. The number of anilines is 1. The topological polar surface area (TPSA) is 121 Å². The molecular weight excluding hydrogens is 390 g/mol. The Morgan fingerprint density at radius 3 is 2.61 bits per heavy atom. The van der Waals surface area contributed by atoms with Crippen molar-refractivity contribution in [2.75, 3.05) is 18.8 Å². The van der Waals surface area contributed by atoms with Gasteiger partial charge in [0.05, 0.1) is 0 Å². The SMILES string of the molecule is C=CC(=O)N1CC(c2ccncc2)C(c2cc(/C=C(\N)c3ccccc3O)c(N)[nH]2)C1. The smallest absolute Gasteiger partial charge is 0.245 e. The van der Waals surface area contributed by atoms with Crippen LogP contribution < -0.4 is 11.5 Å². The molecule has 0 spiro atoms. The van der Waals surface area contributed by atoms with Gasteiger partial charge in [0.25, 0.3) is 0 Å². The largest absolute Gasteiger partial charge is 0.507 e. The molecule has 0 radical (unpaired) electrons. The van der Waals surface area contributed by atoms with Crippen LogP contribution in [0.1, 0.15) is 34.2 Å². The second kappa shape index (κ2) is 8.39. The Hall–Kier alpha value is -4.00. The van der Waals surface area contributed by atoms with Crippen LogP contribution in [0.3, 0.4) is 0 Å². The van der Waals surface area contributed by atoms with E-state index in [1.165, 1.54) is 6.08 Å². The maximum absolute atomic E-state index is 12.3. The Bertz CT molecular complexity index is 1140. The van der Waals surface area contributed by atoms with E-state index < -0.39 is 0 Å². The summed E-state index contributed by atoms with van der Waals surface area (Å²) in [7, 11) is 0. The van der Waals surface area contributed by atoms with Crippen LogP contribution in [0, 0.1) is 0 Å². The predicted octanol–water partition coefficient (Wildman–Crippen LogP) is 3.05. The number of para-hydroxylation sites is 1. The van der Waals surface area contributed by atoms with Gasteiger partial charge in [-0.25, -0.2) is 0 Å². The molecule has 1 aliphatic rings. The number of nitrogen functional groups attached to an aromatic ring is 1. The number of carbonyl (C=O) groups excluding carboxylic acids is 1. The highest BCUT2D eigenvalue weighted by atomic mass is 16.3. The monoisotopic (exact) mass is 415 g/mol. The zero-order valence-electron chi connectivity index (χ0n) is 17.0. The number of nitrogens with zero attached hydrogens (tertiary/aromatic N) is 2. The number of nitrogens with one attached hydrogen (secondary N) is 1. The van der Waals surface area contributed by atoms with Crippen LogP contribution in [0.2, 0.25) is 0 Å². The van der Waals surface area contributed by atoms with Crippen molar-refractivity contribution in [2.24, 2.45) is 5.73 Å². The zero-order valence-corrected chi connectivity index (χ0v) is 17.0. The molecule has 1 saturated heterocycles. The number of rotatable bonds is 5. The van der Waals surface area contributed by atoms with E-state index in [1.807, 2.05) is 24.3 Å². The lowest BCUT2D eigenvalue weighted by Crippen LogP contribution is -2.26. The average Bonchev–Trinajstić information content (AvgIpc) is 3.38. The first-order valence-corrected chi connectivity index (χ1v) is 10.0. The Morgan fingerprint density at radius 1 is 1.19 bits per heavy atom. The van der Waals surface area contributed by atoms with E-state index in [0.29, 0.717) is 30.2 Å². The molecule has 1 amide bonds. The first kappa shape index (κ1) is 20.3. The van der Waals surface area contributed by atoms with Gasteiger partial charge in [0.2, 0.25) is 5.91 Å². The first-order valence-electron chi connectivity index (χ1n) is 10.0. The van der Waals surface area contributed by atoms with Gasteiger partial charge in [-0.1, -0.05) is 18.7 Å². The quantitative estimate of drug-likeness (QED) is 0.477. The molecule has 158 valence electrons. The Labute approximate surface area is 180 Å². The number of carbonyl (C=O) groups is 1. The van der Waals surface area contributed by atoms with E-state index in [-0.39, 0.29) is 23.5 Å². The molecule has 2 atom stereocenters. The lowest BCUT2D eigenvalue weighted by atomic mass is 9.87. The van der Waals surface area contributed by atoms with Gasteiger partial charge in [-0.15, -0.1) is 0 Å². The standard InChI is InChI=1S/C24H25N5O2/c1-2-23(31)29-13-18(15-7-9-27-10-8-15)19(14-29)21-12-16(24(26)28-21)11-20(25)17-5-3-4-6-22(17)30/h2-12,18-19,28,30H,1,13-14,25-26H2/b20-11-. The minimum Gasteiger partial charge on any atom is -0.507 e. The fourth-order valence-electron chi connectivity index (χ4n) is 4.17. The van der Waals surface area contributed by atoms with Gasteiger partial charge in [0.1, 0.15) is 11.6 Å². The highest BCUT2D eigenvalue weighted by Crippen LogP contribution is 2.40. The lowest BCUT2D eigenvalue weighted by Gasteiger charge is -2.17. The Kier molecular flexibility index (Phi) is 5.49. The molecule has 2 aromatic heterocycles. The maximum atomic E-state index is 12.3. The number of aromatic hydroxyl groups is 1. The molecule has 0 saturated carbocycles. The minimum absolute atomic E-state index is 0.0297. The summed E-state index contributed by atoms with van der Waals surface area (Å²) in [4.78, 5) is 21.5. The highest BCUT2D eigenvalue weighted by molar-refractivity contribution is 5.87. The van der Waals surface area contributed by atoms with Gasteiger partial charge in [-0.05, 0) is 48.0 Å². The molecule has 0 aliphatic carbocycles. The molecule has 3 aromatic rings. The number of pyridine rings is 1. The van der Waals surface area contributed by atoms with Crippen LogP contribution in [-0.2, 0) is 4.79 Å². The summed E-state index contributed by atoms with van der Waals surface area (Å²) in [5.74, 6) is 0.623. The van der Waals surface area contributed by atoms with Gasteiger partial charge in [0, 0.05) is 59.8 Å². The van der Waals surface area contributed by atoms with Crippen molar-refractivity contribution in [3.05, 3.63) is 89.9 Å². The summed E-state index contributed by atoms with van der Waals surface area (Å²) in [6, 6.07) is 12.8. The number of H-pyrrole nitrogens is 1. The molecule has 1 fully saturated rings. The third-order valence-corrected chi connectivity index (χ3v) is 5.77. The van der Waals surface area contributed by atoms with Crippen LogP contribution >= 0.6 is 0 Å². The van der Waals surface area contributed by atoms with Crippen molar-refractivity contribution < 1.29 is 9.90 Å². The van der Waals surface area contributed by atoms with E-state index in [4.69, 9.17) is 11.5 Å². The third kappa shape index (κ3) is 4.02. The van der Waals surface area contributed by atoms with Crippen LogP contribution in [0.4, 0.5) is 5.82 Å². The molecule has 1 aliphatic heterocycles. The lowest BCUT2D eigenvalue weighted by molar-refractivity contribution is -0.125. The summed E-state index contributed by atoms with van der Waals surface area (Å²) in [6.07, 6.45) is 6.60. The van der Waals surface area contributed by atoms with E-state index in [1.54, 1.807) is 41.6 Å². The van der Waals surface area contributed by atoms with Crippen LogP contribution in [0.5, 0.6) is 5.75 Å².